The third-order valence-corrected chi connectivity index (χ3v) is 11.5. The van der Waals surface area contributed by atoms with Crippen LogP contribution in [0.5, 0.6) is 0 Å². The van der Waals surface area contributed by atoms with Crippen molar-refractivity contribution in [2.24, 2.45) is 52.3 Å². The van der Waals surface area contributed by atoms with Crippen LogP contribution >= 0.6 is 0 Å². The number of carbonyl (C=O) groups is 1. The Kier molecular flexibility index (Phi) is 7.19. The van der Waals surface area contributed by atoms with Crippen LogP contribution in [0.3, 0.4) is 0 Å². The highest BCUT2D eigenvalue weighted by atomic mass is 16.5. The standard InChI is InChI=1S/C30H50O2/c1-20(22(3)19-32-23(4)31)10-11-21(2)26-14-15-27-25-13-12-24-9-7-8-17-29(24,5)28(25)16-18-30(26,27)6/h21-22,24-28H,1,7-19H2,2-6H3/t21-,22?,24?,25+,26-,27+,28+,29+,30-/m1/s1. The lowest BCUT2D eigenvalue weighted by atomic mass is 9.44. The van der Waals surface area contributed by atoms with Crippen molar-refractivity contribution < 1.29 is 9.53 Å². The Morgan fingerprint density at radius 2 is 1.72 bits per heavy atom. The van der Waals surface area contributed by atoms with Crippen molar-refractivity contribution in [1.82, 2.24) is 0 Å². The number of esters is 1. The Morgan fingerprint density at radius 1 is 0.969 bits per heavy atom. The maximum atomic E-state index is 11.1. The zero-order valence-corrected chi connectivity index (χ0v) is 21.8. The number of hydrogen-bond donors (Lipinski definition) is 0. The molecule has 4 aliphatic carbocycles. The van der Waals surface area contributed by atoms with Crippen LogP contribution < -0.4 is 0 Å². The molecule has 0 aromatic heterocycles. The zero-order valence-electron chi connectivity index (χ0n) is 21.8. The van der Waals surface area contributed by atoms with Gasteiger partial charge in [0, 0.05) is 12.8 Å². The minimum atomic E-state index is -0.185. The van der Waals surface area contributed by atoms with Gasteiger partial charge in [0.1, 0.15) is 0 Å². The molecular formula is C30H50O2. The highest BCUT2D eigenvalue weighted by Crippen LogP contribution is 2.68. The van der Waals surface area contributed by atoms with Crippen LogP contribution in [-0.2, 0) is 9.53 Å². The van der Waals surface area contributed by atoms with Crippen molar-refractivity contribution in [1.29, 1.82) is 0 Å². The topological polar surface area (TPSA) is 26.3 Å². The molecule has 9 atom stereocenters. The van der Waals surface area contributed by atoms with E-state index in [-0.39, 0.29) is 11.9 Å². The molecule has 0 aliphatic heterocycles. The molecule has 2 heteroatoms. The number of ether oxygens (including phenoxy) is 1. The quantitative estimate of drug-likeness (QED) is 0.293. The number of hydrogen-bond acceptors (Lipinski definition) is 2. The maximum absolute atomic E-state index is 11.1. The molecular weight excluding hydrogens is 392 g/mol. The summed E-state index contributed by atoms with van der Waals surface area (Å²) >= 11 is 0. The first kappa shape index (κ1) is 24.3. The van der Waals surface area contributed by atoms with Crippen molar-refractivity contribution in [2.45, 2.75) is 112 Å². The molecule has 2 nitrogen and oxygen atoms in total. The van der Waals surface area contributed by atoms with Gasteiger partial charge in [0.2, 0.25) is 0 Å². The van der Waals surface area contributed by atoms with Gasteiger partial charge in [-0.2, -0.15) is 0 Å². The minimum absolute atomic E-state index is 0.185. The van der Waals surface area contributed by atoms with Gasteiger partial charge in [-0.3, -0.25) is 4.79 Å². The first-order chi connectivity index (χ1) is 15.2. The van der Waals surface area contributed by atoms with Crippen LogP contribution in [0.15, 0.2) is 12.2 Å². The largest absolute Gasteiger partial charge is 0.465 e. The molecule has 0 N–H and O–H groups in total. The van der Waals surface area contributed by atoms with E-state index in [1.54, 1.807) is 0 Å². The smallest absolute Gasteiger partial charge is 0.302 e. The van der Waals surface area contributed by atoms with E-state index in [2.05, 4.69) is 34.3 Å². The Bertz CT molecular complexity index is 697. The maximum Gasteiger partial charge on any atom is 0.302 e. The molecule has 4 aliphatic rings. The van der Waals surface area contributed by atoms with Crippen LogP contribution in [-0.4, -0.2) is 12.6 Å². The Hall–Kier alpha value is -0.790. The van der Waals surface area contributed by atoms with E-state index in [4.69, 9.17) is 4.74 Å². The fraction of sp³-hybridized carbons (Fsp3) is 0.900. The molecule has 0 aromatic carbocycles. The second-order valence-electron chi connectivity index (χ2n) is 13.0. The molecule has 4 fully saturated rings. The van der Waals surface area contributed by atoms with Crippen molar-refractivity contribution >= 4 is 5.97 Å². The SMILES string of the molecule is C=C(CC[C@@H](C)[C@H]1CC[C@H]2[C@@H]3CCC4CCCC[C@]4(C)[C@H]3CC[C@]12C)C(C)COC(C)=O. The summed E-state index contributed by atoms with van der Waals surface area (Å²) in [5, 5.41) is 0. The van der Waals surface area contributed by atoms with Crippen molar-refractivity contribution in [3.63, 3.8) is 0 Å². The van der Waals surface area contributed by atoms with E-state index in [0.29, 0.717) is 17.4 Å². The molecule has 0 spiro atoms. The second kappa shape index (κ2) is 9.46. The molecule has 0 saturated heterocycles. The van der Waals surface area contributed by atoms with Crippen LogP contribution in [0.1, 0.15) is 112 Å². The average molecular weight is 443 g/mol. The Morgan fingerprint density at radius 3 is 2.47 bits per heavy atom. The van der Waals surface area contributed by atoms with Crippen molar-refractivity contribution in [3.8, 4) is 0 Å². The van der Waals surface area contributed by atoms with E-state index in [1.807, 2.05) is 0 Å². The van der Waals surface area contributed by atoms with Gasteiger partial charge in [0.25, 0.3) is 0 Å². The van der Waals surface area contributed by atoms with Crippen molar-refractivity contribution in [2.75, 3.05) is 6.61 Å². The van der Waals surface area contributed by atoms with Crippen LogP contribution in [0.25, 0.3) is 0 Å². The molecule has 182 valence electrons. The summed E-state index contributed by atoms with van der Waals surface area (Å²) in [6.45, 7) is 16.4. The lowest BCUT2D eigenvalue weighted by molar-refractivity contribution is -0.141. The highest BCUT2D eigenvalue weighted by Gasteiger charge is 2.60. The minimum Gasteiger partial charge on any atom is -0.465 e. The van der Waals surface area contributed by atoms with Crippen LogP contribution in [0.2, 0.25) is 0 Å². The molecule has 4 saturated carbocycles. The molecule has 32 heavy (non-hydrogen) atoms. The van der Waals surface area contributed by atoms with Crippen LogP contribution in [0.4, 0.5) is 0 Å². The van der Waals surface area contributed by atoms with Gasteiger partial charge in [-0.1, -0.05) is 52.7 Å². The zero-order chi connectivity index (χ0) is 23.1. The lowest BCUT2D eigenvalue weighted by Gasteiger charge is -2.61. The number of fused-ring (bicyclic) bond motifs is 5. The molecule has 4 rings (SSSR count). The summed E-state index contributed by atoms with van der Waals surface area (Å²) in [4.78, 5) is 11.1. The molecule has 0 radical (unpaired) electrons. The first-order valence-electron chi connectivity index (χ1n) is 14.0. The fourth-order valence-electron chi connectivity index (χ4n) is 9.49. The van der Waals surface area contributed by atoms with Crippen molar-refractivity contribution in [3.05, 3.63) is 12.2 Å². The summed E-state index contributed by atoms with van der Waals surface area (Å²) in [5.41, 5.74) is 2.47. The van der Waals surface area contributed by atoms with Gasteiger partial charge < -0.3 is 4.74 Å². The fourth-order valence-corrected chi connectivity index (χ4v) is 9.49. The molecule has 2 unspecified atom stereocenters. The average Bonchev–Trinajstić information content (AvgIpc) is 3.12. The summed E-state index contributed by atoms with van der Waals surface area (Å²) in [6, 6.07) is 0. The highest BCUT2D eigenvalue weighted by molar-refractivity contribution is 5.65. The monoisotopic (exact) mass is 442 g/mol. The van der Waals surface area contributed by atoms with Gasteiger partial charge in [-0.25, -0.2) is 0 Å². The van der Waals surface area contributed by atoms with Gasteiger partial charge in [0.15, 0.2) is 0 Å². The summed E-state index contributed by atoms with van der Waals surface area (Å²) in [7, 11) is 0. The molecule has 0 bridgehead atoms. The summed E-state index contributed by atoms with van der Waals surface area (Å²) in [5.74, 6) is 5.73. The lowest BCUT2D eigenvalue weighted by Crippen LogP contribution is -2.53. The van der Waals surface area contributed by atoms with E-state index in [9.17, 15) is 4.79 Å². The predicted molar refractivity (Wildman–Crippen MR) is 133 cm³/mol. The molecule has 0 heterocycles. The van der Waals surface area contributed by atoms with Gasteiger partial charge in [-0.05, 0) is 111 Å². The van der Waals surface area contributed by atoms with Gasteiger partial charge in [0.05, 0.1) is 6.61 Å². The third kappa shape index (κ3) is 4.34. The van der Waals surface area contributed by atoms with E-state index >= 15 is 0 Å². The van der Waals surface area contributed by atoms with E-state index in [1.165, 1.54) is 83.1 Å². The Labute approximate surface area is 198 Å². The van der Waals surface area contributed by atoms with Gasteiger partial charge >= 0.3 is 5.97 Å². The molecule has 0 amide bonds. The Balaban J connectivity index is 1.37. The first-order valence-corrected chi connectivity index (χ1v) is 14.0. The normalized spacial score (nSPS) is 42.8. The molecule has 0 aromatic rings. The van der Waals surface area contributed by atoms with Gasteiger partial charge in [-0.15, -0.1) is 0 Å². The third-order valence-electron chi connectivity index (χ3n) is 11.5. The second-order valence-corrected chi connectivity index (χ2v) is 13.0. The van der Waals surface area contributed by atoms with Crippen LogP contribution in [0, 0.1) is 52.3 Å². The summed E-state index contributed by atoms with van der Waals surface area (Å²) in [6.07, 6.45) is 17.3. The van der Waals surface area contributed by atoms with E-state index < -0.39 is 0 Å². The number of carbonyl (C=O) groups excluding carboxylic acids is 1. The van der Waals surface area contributed by atoms with E-state index in [0.717, 1.165) is 41.9 Å². The summed E-state index contributed by atoms with van der Waals surface area (Å²) < 4.78 is 5.21. The predicted octanol–water partition coefficient (Wildman–Crippen LogP) is 8.21. The number of rotatable bonds is 7.